The molecule has 2 heterocycles. The van der Waals surface area contributed by atoms with Gasteiger partial charge >= 0.3 is 57.5 Å². The van der Waals surface area contributed by atoms with Crippen LogP contribution in [-0.2, 0) is 20.7 Å². The minimum Gasteiger partial charge on any atom is -0.661 e. The SMILES string of the molecule is CC.CCCCCc1cc(C)[n-]c1/C=C1\[NH+]=C(CCC(=O)NC(C=O)CS)C=C1C.CNCCOc1ccc(C(C)OC(=O)Oc2ccc([N+](=O)[O-])cc2)c(N)c1.CO.C[OH2+].[CH3-].[K+]. The van der Waals surface area contributed by atoms with Crippen LogP contribution in [0.5, 0.6) is 11.5 Å². The predicted molar refractivity (Wildman–Crippen MR) is 251 cm³/mol. The van der Waals surface area contributed by atoms with Gasteiger partial charge in [0.1, 0.15) is 37.6 Å². The summed E-state index contributed by atoms with van der Waals surface area (Å²) < 4.78 is 15.8. The van der Waals surface area contributed by atoms with Gasteiger partial charge < -0.3 is 58.0 Å². The molecule has 4 rings (SSSR count). The molecule has 2 unspecified atom stereocenters. The summed E-state index contributed by atoms with van der Waals surface area (Å²) in [6.07, 6.45) is 8.89. The molecule has 3 aromatic rings. The van der Waals surface area contributed by atoms with Crippen molar-refractivity contribution in [2.45, 2.75) is 92.2 Å². The number of carbonyl (C=O) groups is 3. The second-order valence-electron chi connectivity index (χ2n) is 12.9. The quantitative estimate of drug-likeness (QED) is 0.00869. The van der Waals surface area contributed by atoms with Gasteiger partial charge in [0.25, 0.3) is 5.69 Å². The number of non-ortho nitro benzene ring substituents is 1. The predicted octanol–water partition coefficient (Wildman–Crippen LogP) is 2.38. The number of nitrogens with two attached hydrogens (primary N) is 1. The number of aliphatic hydroxyl groups excluding tert-OH is 1. The average Bonchev–Trinajstić information content (AvgIpc) is 3.80. The van der Waals surface area contributed by atoms with Crippen molar-refractivity contribution in [1.82, 2.24) is 15.6 Å². The van der Waals surface area contributed by atoms with Gasteiger partial charge in [0.05, 0.1) is 11.0 Å². The third-order valence-electron chi connectivity index (χ3n) is 8.42. The number of aliphatic hydroxyl groups is 1. The molecule has 0 fully saturated rings. The number of nitro benzene ring substituents is 1. The van der Waals surface area contributed by atoms with E-state index in [2.05, 4.69) is 65.3 Å². The number of carbonyl (C=O) groups excluding carboxylic acids is 3. The van der Waals surface area contributed by atoms with Crippen molar-refractivity contribution in [3.8, 4) is 11.5 Å². The number of amides is 1. The van der Waals surface area contributed by atoms with Crippen molar-refractivity contribution in [2.75, 3.05) is 45.9 Å². The molecule has 8 N–H and O–H groups in total. The maximum atomic E-state index is 12.0. The number of nitrogens with zero attached hydrogens (tertiary/aromatic N) is 2. The minimum atomic E-state index is -0.940. The van der Waals surface area contributed by atoms with E-state index in [0.29, 0.717) is 55.0 Å². The zero-order valence-corrected chi connectivity index (χ0v) is 43.0. The van der Waals surface area contributed by atoms with Crippen molar-refractivity contribution in [3.63, 3.8) is 0 Å². The zero-order chi connectivity index (χ0) is 46.3. The van der Waals surface area contributed by atoms with E-state index in [1.54, 1.807) is 25.1 Å². The van der Waals surface area contributed by atoms with Gasteiger partial charge in [-0.05, 0) is 64.1 Å². The molecule has 1 aliphatic heterocycles. The first kappa shape index (κ1) is 63.4. The molecule has 0 saturated heterocycles. The van der Waals surface area contributed by atoms with Crippen LogP contribution < -0.4 is 87.2 Å². The number of benzene rings is 2. The van der Waals surface area contributed by atoms with Crippen molar-refractivity contribution in [2.24, 2.45) is 0 Å². The smallest absolute Gasteiger partial charge is 0.661 e. The number of hydrogen-bond acceptors (Lipinski definition) is 12. The Kier molecular flexibility index (Phi) is 37.8. The van der Waals surface area contributed by atoms with Crippen LogP contribution in [0.15, 0.2) is 65.9 Å². The number of likely N-dealkylation sites (N-methyl/N-ethyl adjacent to an activating group) is 1. The number of nitrogens with one attached hydrogen (secondary N) is 3. The molecule has 1 aliphatic rings. The summed E-state index contributed by atoms with van der Waals surface area (Å²) in [6.45, 7) is 13.2. The second-order valence-corrected chi connectivity index (χ2v) is 13.3. The van der Waals surface area contributed by atoms with Crippen molar-refractivity contribution in [1.29, 1.82) is 0 Å². The van der Waals surface area contributed by atoms with E-state index in [1.807, 2.05) is 27.8 Å². The van der Waals surface area contributed by atoms with Crippen molar-refractivity contribution >= 4 is 54.1 Å². The summed E-state index contributed by atoms with van der Waals surface area (Å²) in [4.78, 5) is 52.8. The van der Waals surface area contributed by atoms with Crippen LogP contribution in [0.3, 0.4) is 0 Å². The largest absolute Gasteiger partial charge is 1.00 e. The van der Waals surface area contributed by atoms with E-state index in [4.69, 9.17) is 30.2 Å². The van der Waals surface area contributed by atoms with Crippen LogP contribution in [0.1, 0.15) is 95.3 Å². The minimum absolute atomic E-state index is 0. The first-order valence-electron chi connectivity index (χ1n) is 20.1. The molecule has 0 aliphatic carbocycles. The average molecular weight is 926 g/mol. The topological polar surface area (TPSA) is 243 Å². The Hall–Kier alpha value is -3.85. The first-order valence-corrected chi connectivity index (χ1v) is 20.8. The monoisotopic (exact) mass is 925 g/mol. The number of rotatable bonds is 19. The van der Waals surface area contributed by atoms with Crippen LogP contribution in [0, 0.1) is 24.5 Å². The molecular formula is C45H70KN6O10S+. The van der Waals surface area contributed by atoms with Gasteiger partial charge in [-0.1, -0.05) is 52.2 Å². The van der Waals surface area contributed by atoms with Crippen molar-refractivity contribution < 1.29 is 100 Å². The molecule has 63 heavy (non-hydrogen) atoms. The number of anilines is 1. The number of ether oxygens (including phenoxy) is 3. The fourth-order valence-corrected chi connectivity index (χ4v) is 5.65. The fraction of sp³-hybridized carbons (Fsp3) is 0.444. The first-order chi connectivity index (χ1) is 29.4. The standard InChI is InChI=1S/C22H31N3O2S.C18H21N3O6.C2H6.2CH4O.CH3.K/c1-4-5-6-7-17-11-16(3)23-21(17)12-20-15(2)10-18(24-20)8-9-22(27)25-19(13-26)14-28;1-12(16-8-7-15(11-17(16)19)25-10-9-20-2)26-18(22)27-14-5-3-13(4-6-14)21(23)24;3*1-2;;/h10-13,19H,4-9,14H2,1-3H3,(H3,23,24,25,27,28);3-8,11-12,20H,9-10,19H2,1-2H3;1-2H3;2*2H,1H3;1H3;/q;;;;;-1;+1/p+1. The number of nitro groups is 1. The molecule has 2 atom stereocenters. The van der Waals surface area contributed by atoms with Crippen molar-refractivity contribution in [3.05, 3.63) is 106 Å². The fourth-order valence-electron chi connectivity index (χ4n) is 5.48. The van der Waals surface area contributed by atoms with E-state index in [-0.39, 0.29) is 76.2 Å². The molecule has 16 nitrogen and oxygen atoms in total. The maximum absolute atomic E-state index is 12.0. The number of nitrogen functional groups attached to an aromatic ring is 1. The Morgan fingerprint density at radius 3 is 2.25 bits per heavy atom. The maximum Gasteiger partial charge on any atom is 1.00 e. The normalized spacial score (nSPS) is 12.3. The van der Waals surface area contributed by atoms with Gasteiger partial charge in [0, 0.05) is 73.3 Å². The van der Waals surface area contributed by atoms with Gasteiger partial charge in [-0.3, -0.25) is 14.9 Å². The number of aldehydes is 1. The van der Waals surface area contributed by atoms with Gasteiger partial charge in [-0.15, -0.1) is 5.69 Å². The summed E-state index contributed by atoms with van der Waals surface area (Å²) in [5.74, 6) is 0.921. The van der Waals surface area contributed by atoms with Crippen LogP contribution in [0.25, 0.3) is 6.08 Å². The molecule has 0 bridgehead atoms. The van der Waals surface area contributed by atoms with Crippen LogP contribution in [0.2, 0.25) is 0 Å². The zero-order valence-electron chi connectivity index (χ0n) is 39.0. The summed E-state index contributed by atoms with van der Waals surface area (Å²) in [6, 6.07) is 11.9. The number of allylic oxidation sites excluding steroid dienone is 2. The Balaban J connectivity index is -0.000000993. The molecule has 0 saturated carbocycles. The Labute approximate surface area is 421 Å². The number of aryl methyl sites for hydroxylation is 2. The van der Waals surface area contributed by atoms with E-state index >= 15 is 0 Å². The summed E-state index contributed by atoms with van der Waals surface area (Å²) >= 11 is 4.05. The third-order valence-corrected chi connectivity index (χ3v) is 8.81. The third kappa shape index (κ3) is 24.7. The van der Waals surface area contributed by atoms with Gasteiger partial charge in [-0.25, -0.2) is 9.79 Å². The van der Waals surface area contributed by atoms with Gasteiger partial charge in [-0.2, -0.15) is 18.3 Å². The number of hydrogen-bond donors (Lipinski definition) is 6. The molecular weight excluding hydrogens is 856 g/mol. The molecule has 0 spiro atoms. The summed E-state index contributed by atoms with van der Waals surface area (Å²) in [7, 11) is 4.08. The van der Waals surface area contributed by atoms with Crippen LogP contribution in [-0.4, -0.2) is 85.4 Å². The Bertz CT molecular complexity index is 1870. The summed E-state index contributed by atoms with van der Waals surface area (Å²) in [5.41, 5.74) is 13.5. The van der Waals surface area contributed by atoms with E-state index in [0.717, 1.165) is 41.9 Å². The van der Waals surface area contributed by atoms with Gasteiger partial charge in [0.2, 0.25) is 11.6 Å². The molecule has 0 radical (unpaired) electrons. The van der Waals surface area contributed by atoms with Crippen LogP contribution >= 0.6 is 12.6 Å². The Morgan fingerprint density at radius 2 is 1.70 bits per heavy atom. The number of unbranched alkanes of at least 4 members (excludes halogenated alkanes) is 2. The molecule has 18 heteroatoms. The number of aromatic nitrogens is 1. The summed E-state index contributed by atoms with van der Waals surface area (Å²) in [5, 5.41) is 29.0. The van der Waals surface area contributed by atoms with E-state index < -0.39 is 23.2 Å². The second kappa shape index (κ2) is 37.5. The number of thiol groups is 1. The molecule has 2 aromatic carbocycles. The Morgan fingerprint density at radius 1 is 1.06 bits per heavy atom. The van der Waals surface area contributed by atoms with E-state index in [9.17, 15) is 24.5 Å². The molecule has 1 aromatic heterocycles. The van der Waals surface area contributed by atoms with E-state index in [1.165, 1.54) is 56.2 Å². The van der Waals surface area contributed by atoms with Gasteiger partial charge in [0.15, 0.2) is 5.71 Å². The van der Waals surface area contributed by atoms with Crippen LogP contribution in [0.4, 0.5) is 16.2 Å². The molecule has 346 valence electrons. The molecule has 1 amide bonds.